The number of aryl methyl sites for hydroxylation is 1. The molecule has 116 valence electrons. The molecular weight excluding hydrogens is 290 g/mol. The van der Waals surface area contributed by atoms with Crippen molar-refractivity contribution >= 4 is 21.7 Å². The van der Waals surface area contributed by atoms with Gasteiger partial charge in [-0.05, 0) is 37.5 Å². The number of amides is 2. The number of nitrogens with zero attached hydrogens (tertiary/aromatic N) is 1. The van der Waals surface area contributed by atoms with Gasteiger partial charge in [-0.15, -0.1) is 0 Å². The molecule has 0 aliphatic carbocycles. The Balaban J connectivity index is 2.14. The lowest BCUT2D eigenvalue weighted by Crippen LogP contribution is -2.35. The molecule has 1 aliphatic rings. The van der Waals surface area contributed by atoms with E-state index in [4.69, 9.17) is 5.14 Å². The van der Waals surface area contributed by atoms with E-state index in [0.29, 0.717) is 11.3 Å². The van der Waals surface area contributed by atoms with E-state index >= 15 is 0 Å². The molecule has 0 aromatic heterocycles. The number of nitrogens with two attached hydrogens (primary N) is 1. The Hall–Kier alpha value is -1.60. The molecule has 0 radical (unpaired) electrons. The maximum atomic E-state index is 12.2. The van der Waals surface area contributed by atoms with Crippen LogP contribution >= 0.6 is 0 Å². The predicted octanol–water partition coefficient (Wildman–Crippen LogP) is 2.05. The van der Waals surface area contributed by atoms with Crippen molar-refractivity contribution < 1.29 is 13.2 Å². The van der Waals surface area contributed by atoms with Gasteiger partial charge in [-0.2, -0.15) is 0 Å². The molecule has 0 saturated carbocycles. The monoisotopic (exact) mass is 311 g/mol. The second-order valence-electron chi connectivity index (χ2n) is 5.36. The van der Waals surface area contributed by atoms with Gasteiger partial charge >= 0.3 is 6.03 Å². The molecule has 0 unspecified atom stereocenters. The van der Waals surface area contributed by atoms with E-state index in [0.717, 1.165) is 38.8 Å². The number of anilines is 1. The molecule has 0 atom stereocenters. The molecule has 1 aromatic carbocycles. The molecule has 2 amide bonds. The van der Waals surface area contributed by atoms with Gasteiger partial charge in [0.25, 0.3) is 0 Å². The number of benzene rings is 1. The molecule has 21 heavy (non-hydrogen) atoms. The maximum Gasteiger partial charge on any atom is 0.321 e. The van der Waals surface area contributed by atoms with Crippen molar-refractivity contribution in [3.63, 3.8) is 0 Å². The van der Waals surface area contributed by atoms with Crippen LogP contribution in [0.15, 0.2) is 23.1 Å². The van der Waals surface area contributed by atoms with Gasteiger partial charge in [-0.3, -0.25) is 0 Å². The summed E-state index contributed by atoms with van der Waals surface area (Å²) in [5.41, 5.74) is 1.00. The zero-order valence-corrected chi connectivity index (χ0v) is 12.9. The van der Waals surface area contributed by atoms with Crippen LogP contribution in [0.5, 0.6) is 0 Å². The fraction of sp³-hybridized carbons (Fsp3) is 0.500. The van der Waals surface area contributed by atoms with Gasteiger partial charge in [0.1, 0.15) is 0 Å². The second kappa shape index (κ2) is 6.44. The summed E-state index contributed by atoms with van der Waals surface area (Å²) in [4.78, 5) is 14.0. The highest BCUT2D eigenvalue weighted by molar-refractivity contribution is 7.89. The Labute approximate surface area is 125 Å². The van der Waals surface area contributed by atoms with Crippen molar-refractivity contribution in [1.29, 1.82) is 0 Å². The van der Waals surface area contributed by atoms with Crippen LogP contribution in [0.25, 0.3) is 0 Å². The van der Waals surface area contributed by atoms with E-state index in [1.807, 2.05) is 0 Å². The van der Waals surface area contributed by atoms with E-state index in [1.54, 1.807) is 24.0 Å². The van der Waals surface area contributed by atoms with Gasteiger partial charge in [-0.25, -0.2) is 18.4 Å². The lowest BCUT2D eigenvalue weighted by atomic mass is 10.2. The Morgan fingerprint density at radius 3 is 2.38 bits per heavy atom. The molecule has 1 heterocycles. The van der Waals surface area contributed by atoms with E-state index < -0.39 is 10.0 Å². The SMILES string of the molecule is Cc1ccc(NC(=O)N2CCCCCC2)cc1S(N)(=O)=O. The first-order chi connectivity index (χ1) is 9.88. The number of primary sulfonamides is 1. The molecule has 0 spiro atoms. The normalized spacial score (nSPS) is 16.4. The van der Waals surface area contributed by atoms with Crippen molar-refractivity contribution in [2.24, 2.45) is 5.14 Å². The van der Waals surface area contributed by atoms with Crippen LogP contribution in [0, 0.1) is 6.92 Å². The first kappa shape index (κ1) is 15.8. The van der Waals surface area contributed by atoms with Crippen LogP contribution < -0.4 is 10.5 Å². The number of likely N-dealkylation sites (tertiary alicyclic amines) is 1. The average Bonchev–Trinajstić information content (AvgIpc) is 2.68. The number of urea groups is 1. The van der Waals surface area contributed by atoms with Crippen molar-refractivity contribution in [3.8, 4) is 0 Å². The predicted molar refractivity (Wildman–Crippen MR) is 81.6 cm³/mol. The molecular formula is C14H21N3O3S. The third-order valence-electron chi connectivity index (χ3n) is 3.64. The molecule has 6 nitrogen and oxygen atoms in total. The zero-order chi connectivity index (χ0) is 15.5. The number of sulfonamides is 1. The molecule has 3 N–H and O–H groups in total. The van der Waals surface area contributed by atoms with Crippen LogP contribution in [-0.2, 0) is 10.0 Å². The highest BCUT2D eigenvalue weighted by Crippen LogP contribution is 2.20. The summed E-state index contributed by atoms with van der Waals surface area (Å²) in [6.45, 7) is 3.14. The van der Waals surface area contributed by atoms with Crippen molar-refractivity contribution in [3.05, 3.63) is 23.8 Å². The lowest BCUT2D eigenvalue weighted by molar-refractivity contribution is 0.214. The fourth-order valence-corrected chi connectivity index (χ4v) is 3.27. The van der Waals surface area contributed by atoms with Gasteiger partial charge < -0.3 is 10.2 Å². The van der Waals surface area contributed by atoms with E-state index in [-0.39, 0.29) is 10.9 Å². The minimum Gasteiger partial charge on any atom is -0.325 e. The smallest absolute Gasteiger partial charge is 0.321 e. The van der Waals surface area contributed by atoms with Crippen LogP contribution in [0.2, 0.25) is 0 Å². The Kier molecular flexibility index (Phi) is 4.84. The van der Waals surface area contributed by atoms with Gasteiger partial charge in [-0.1, -0.05) is 18.9 Å². The third-order valence-corrected chi connectivity index (χ3v) is 4.69. The average molecular weight is 311 g/mol. The largest absolute Gasteiger partial charge is 0.325 e. The standard InChI is InChI=1S/C14H21N3O3S/c1-11-6-7-12(10-13(11)21(15,19)20)16-14(18)17-8-4-2-3-5-9-17/h6-7,10H,2-5,8-9H2,1H3,(H,16,18)(H2,15,19,20). The van der Waals surface area contributed by atoms with Crippen molar-refractivity contribution in [2.75, 3.05) is 18.4 Å². The number of nitrogens with one attached hydrogen (secondary N) is 1. The first-order valence-electron chi connectivity index (χ1n) is 7.07. The highest BCUT2D eigenvalue weighted by atomic mass is 32.2. The van der Waals surface area contributed by atoms with E-state index in [1.165, 1.54) is 6.07 Å². The Bertz CT molecular complexity index is 620. The number of carbonyl (C=O) groups excluding carboxylic acids is 1. The van der Waals surface area contributed by atoms with Gasteiger partial charge in [0.05, 0.1) is 4.90 Å². The van der Waals surface area contributed by atoms with E-state index in [9.17, 15) is 13.2 Å². The molecule has 1 aromatic rings. The summed E-state index contributed by atoms with van der Waals surface area (Å²) in [5, 5.41) is 7.92. The van der Waals surface area contributed by atoms with Crippen molar-refractivity contribution in [2.45, 2.75) is 37.5 Å². The van der Waals surface area contributed by atoms with Gasteiger partial charge in [0, 0.05) is 18.8 Å². The lowest BCUT2D eigenvalue weighted by Gasteiger charge is -2.21. The highest BCUT2D eigenvalue weighted by Gasteiger charge is 2.17. The molecule has 2 rings (SSSR count). The quantitative estimate of drug-likeness (QED) is 0.875. The summed E-state index contributed by atoms with van der Waals surface area (Å²) in [5.74, 6) is 0. The minimum atomic E-state index is -3.79. The van der Waals surface area contributed by atoms with Crippen LogP contribution in [0.1, 0.15) is 31.2 Å². The third kappa shape index (κ3) is 4.18. The van der Waals surface area contributed by atoms with Crippen LogP contribution in [-0.4, -0.2) is 32.4 Å². The molecule has 7 heteroatoms. The second-order valence-corrected chi connectivity index (χ2v) is 6.89. The fourth-order valence-electron chi connectivity index (χ4n) is 2.46. The zero-order valence-electron chi connectivity index (χ0n) is 12.1. The summed E-state index contributed by atoms with van der Waals surface area (Å²) in [6, 6.07) is 4.53. The number of hydrogen-bond acceptors (Lipinski definition) is 3. The summed E-state index contributed by atoms with van der Waals surface area (Å²) < 4.78 is 23.0. The van der Waals surface area contributed by atoms with Crippen LogP contribution in [0.3, 0.4) is 0 Å². The molecule has 1 saturated heterocycles. The van der Waals surface area contributed by atoms with Crippen molar-refractivity contribution in [1.82, 2.24) is 4.90 Å². The Morgan fingerprint density at radius 2 is 1.81 bits per heavy atom. The van der Waals surface area contributed by atoms with Gasteiger partial charge in [0.15, 0.2) is 0 Å². The molecule has 1 aliphatic heterocycles. The first-order valence-corrected chi connectivity index (χ1v) is 8.62. The topological polar surface area (TPSA) is 92.5 Å². The minimum absolute atomic E-state index is 0.0381. The number of rotatable bonds is 2. The Morgan fingerprint density at radius 1 is 1.19 bits per heavy atom. The maximum absolute atomic E-state index is 12.2. The van der Waals surface area contributed by atoms with Gasteiger partial charge in [0.2, 0.25) is 10.0 Å². The summed E-state index contributed by atoms with van der Waals surface area (Å²) >= 11 is 0. The number of hydrogen-bond donors (Lipinski definition) is 2. The summed E-state index contributed by atoms with van der Waals surface area (Å²) in [7, 11) is -3.79. The number of carbonyl (C=O) groups is 1. The molecule has 1 fully saturated rings. The van der Waals surface area contributed by atoms with E-state index in [2.05, 4.69) is 5.32 Å². The molecule has 0 bridgehead atoms. The van der Waals surface area contributed by atoms with Crippen LogP contribution in [0.4, 0.5) is 10.5 Å². The summed E-state index contributed by atoms with van der Waals surface area (Å²) in [6.07, 6.45) is 4.29.